The molecule has 1 aromatic rings. The Balaban J connectivity index is 2.23. The van der Waals surface area contributed by atoms with E-state index < -0.39 is 0 Å². The van der Waals surface area contributed by atoms with E-state index in [2.05, 4.69) is 6.92 Å². The molecule has 0 bridgehead atoms. The molecule has 0 unspecified atom stereocenters. The van der Waals surface area contributed by atoms with Crippen molar-refractivity contribution in [1.82, 2.24) is 3.96 Å². The fourth-order valence-electron chi connectivity index (χ4n) is 1.38. The van der Waals surface area contributed by atoms with Gasteiger partial charge in [0.05, 0.1) is 0 Å². The monoisotopic (exact) mass is 227 g/mol. The maximum atomic E-state index is 11.4. The number of Topliss-reactive ketones (excluding diaryl/α,β-unsaturated/α-hetero) is 1. The summed E-state index contributed by atoms with van der Waals surface area (Å²) >= 11 is 1.37. The van der Waals surface area contributed by atoms with E-state index in [-0.39, 0.29) is 11.3 Å². The molecule has 0 saturated carbocycles. The Bertz CT molecular complexity index is 353. The Morgan fingerprint density at radius 3 is 2.80 bits per heavy atom. The van der Waals surface area contributed by atoms with Crippen molar-refractivity contribution >= 4 is 17.3 Å². The van der Waals surface area contributed by atoms with Gasteiger partial charge >= 0.3 is 0 Å². The molecule has 1 heterocycles. The van der Waals surface area contributed by atoms with Crippen LogP contribution < -0.4 is 5.56 Å². The molecule has 0 aromatic carbocycles. The number of unbranched alkanes of at least 4 members (excludes halogenated alkanes) is 2. The summed E-state index contributed by atoms with van der Waals surface area (Å²) in [5.41, 5.74) is 0.00126. The molecule has 15 heavy (non-hydrogen) atoms. The van der Waals surface area contributed by atoms with Crippen LogP contribution in [-0.2, 0) is 11.3 Å². The predicted molar refractivity (Wildman–Crippen MR) is 62.3 cm³/mol. The highest BCUT2D eigenvalue weighted by molar-refractivity contribution is 7.04. The average molecular weight is 227 g/mol. The molecule has 4 heteroatoms. The van der Waals surface area contributed by atoms with Crippen LogP contribution in [0.2, 0.25) is 0 Å². The second-order valence-electron chi connectivity index (χ2n) is 3.59. The molecule has 0 atom stereocenters. The van der Waals surface area contributed by atoms with E-state index in [0.717, 1.165) is 19.3 Å². The quantitative estimate of drug-likeness (QED) is 0.671. The van der Waals surface area contributed by atoms with Gasteiger partial charge in [0.2, 0.25) is 0 Å². The first-order chi connectivity index (χ1) is 7.24. The molecule has 0 saturated heterocycles. The van der Waals surface area contributed by atoms with Gasteiger partial charge in [-0.2, -0.15) is 0 Å². The highest BCUT2D eigenvalue weighted by atomic mass is 32.1. The zero-order chi connectivity index (χ0) is 11.1. The minimum atomic E-state index is 0.00126. The Labute approximate surface area is 93.9 Å². The number of aryl methyl sites for hydroxylation is 1. The van der Waals surface area contributed by atoms with Crippen molar-refractivity contribution in [1.29, 1.82) is 0 Å². The molecule has 1 aromatic heterocycles. The molecule has 0 spiro atoms. The summed E-state index contributed by atoms with van der Waals surface area (Å²) in [6.07, 6.45) is 4.38. The summed E-state index contributed by atoms with van der Waals surface area (Å²) in [6, 6.07) is 1.53. The molecule has 0 aliphatic carbocycles. The van der Waals surface area contributed by atoms with Crippen LogP contribution in [0.25, 0.3) is 0 Å². The topological polar surface area (TPSA) is 39.1 Å². The number of ketones is 1. The third-order valence-corrected chi connectivity index (χ3v) is 3.17. The summed E-state index contributed by atoms with van der Waals surface area (Å²) < 4.78 is 1.62. The number of rotatable bonds is 7. The summed E-state index contributed by atoms with van der Waals surface area (Å²) in [5.74, 6) is 0.267. The maximum absolute atomic E-state index is 11.4. The van der Waals surface area contributed by atoms with Crippen LogP contribution in [0.3, 0.4) is 0 Å². The molecule has 3 nitrogen and oxygen atoms in total. The lowest BCUT2D eigenvalue weighted by atomic mass is 10.1. The van der Waals surface area contributed by atoms with Gasteiger partial charge in [0, 0.05) is 30.8 Å². The van der Waals surface area contributed by atoms with Crippen LogP contribution in [0.4, 0.5) is 0 Å². The standard InChI is InChI=1S/C11H17NO2S/c1-2-3-4-5-10(13)6-8-12-11(14)7-9-15-12/h7,9H,2-6,8H2,1H3. The Hall–Kier alpha value is -0.900. The van der Waals surface area contributed by atoms with Gasteiger partial charge in [-0.3, -0.25) is 13.5 Å². The van der Waals surface area contributed by atoms with Crippen LogP contribution in [0.5, 0.6) is 0 Å². The lowest BCUT2D eigenvalue weighted by molar-refractivity contribution is -0.119. The number of hydrogen-bond donors (Lipinski definition) is 0. The summed E-state index contributed by atoms with van der Waals surface area (Å²) in [4.78, 5) is 22.6. The van der Waals surface area contributed by atoms with Crippen molar-refractivity contribution < 1.29 is 4.79 Å². The van der Waals surface area contributed by atoms with Gasteiger partial charge in [0.15, 0.2) is 0 Å². The SMILES string of the molecule is CCCCCC(=O)CCn1sccc1=O. The van der Waals surface area contributed by atoms with Crippen molar-refractivity contribution in [3.63, 3.8) is 0 Å². The Morgan fingerprint density at radius 2 is 2.20 bits per heavy atom. The Morgan fingerprint density at radius 1 is 1.40 bits per heavy atom. The number of hydrogen-bond acceptors (Lipinski definition) is 3. The van der Waals surface area contributed by atoms with Crippen LogP contribution in [0.1, 0.15) is 39.0 Å². The molecule has 0 aliphatic rings. The smallest absolute Gasteiger partial charge is 0.260 e. The van der Waals surface area contributed by atoms with Gasteiger partial charge < -0.3 is 0 Å². The van der Waals surface area contributed by atoms with Crippen molar-refractivity contribution in [3.05, 3.63) is 21.8 Å². The van der Waals surface area contributed by atoms with Gasteiger partial charge in [-0.1, -0.05) is 31.3 Å². The van der Waals surface area contributed by atoms with E-state index >= 15 is 0 Å². The number of aromatic nitrogens is 1. The second-order valence-corrected chi connectivity index (χ2v) is 4.52. The minimum Gasteiger partial charge on any atom is -0.300 e. The van der Waals surface area contributed by atoms with Gasteiger partial charge in [0.1, 0.15) is 5.78 Å². The van der Waals surface area contributed by atoms with E-state index in [1.165, 1.54) is 17.6 Å². The lowest BCUT2D eigenvalue weighted by Gasteiger charge is -2.00. The summed E-state index contributed by atoms with van der Waals surface area (Å²) in [7, 11) is 0. The fourth-order valence-corrected chi connectivity index (χ4v) is 2.07. The van der Waals surface area contributed by atoms with Crippen molar-refractivity contribution in [2.75, 3.05) is 0 Å². The van der Waals surface area contributed by atoms with Gasteiger partial charge in [0.25, 0.3) is 5.56 Å². The van der Waals surface area contributed by atoms with Gasteiger partial charge in [-0.05, 0) is 6.42 Å². The van der Waals surface area contributed by atoms with E-state index in [0.29, 0.717) is 19.4 Å². The molecular formula is C11H17NO2S. The molecular weight excluding hydrogens is 210 g/mol. The van der Waals surface area contributed by atoms with Crippen LogP contribution in [-0.4, -0.2) is 9.74 Å². The molecule has 0 amide bonds. The number of carbonyl (C=O) groups excluding carboxylic acids is 1. The van der Waals surface area contributed by atoms with E-state index in [4.69, 9.17) is 0 Å². The van der Waals surface area contributed by atoms with Crippen molar-refractivity contribution in [2.24, 2.45) is 0 Å². The second kappa shape index (κ2) is 6.56. The van der Waals surface area contributed by atoms with Crippen LogP contribution in [0.15, 0.2) is 16.2 Å². The fraction of sp³-hybridized carbons (Fsp3) is 0.636. The first-order valence-corrected chi connectivity index (χ1v) is 6.24. The molecule has 84 valence electrons. The highest BCUT2D eigenvalue weighted by Gasteiger charge is 2.03. The third-order valence-electron chi connectivity index (χ3n) is 2.30. The molecule has 0 fully saturated rings. The lowest BCUT2D eigenvalue weighted by Crippen LogP contribution is -2.14. The van der Waals surface area contributed by atoms with E-state index in [9.17, 15) is 9.59 Å². The Kier molecular flexibility index (Phi) is 5.32. The van der Waals surface area contributed by atoms with E-state index in [1.54, 1.807) is 9.34 Å². The molecule has 0 radical (unpaired) electrons. The zero-order valence-electron chi connectivity index (χ0n) is 9.07. The predicted octanol–water partition coefficient (Wildman–Crippen LogP) is 2.45. The molecule has 0 aliphatic heterocycles. The summed E-state index contributed by atoms with van der Waals surface area (Å²) in [5, 5.41) is 1.75. The molecule has 0 N–H and O–H groups in total. The number of nitrogens with zero attached hydrogens (tertiary/aromatic N) is 1. The third kappa shape index (κ3) is 4.42. The largest absolute Gasteiger partial charge is 0.300 e. The van der Waals surface area contributed by atoms with Crippen molar-refractivity contribution in [2.45, 2.75) is 45.6 Å². The zero-order valence-corrected chi connectivity index (χ0v) is 9.89. The first-order valence-electron chi connectivity index (χ1n) is 5.40. The van der Waals surface area contributed by atoms with Gasteiger partial charge in [-0.25, -0.2) is 0 Å². The minimum absolute atomic E-state index is 0.00126. The highest BCUT2D eigenvalue weighted by Crippen LogP contribution is 2.03. The van der Waals surface area contributed by atoms with E-state index in [1.807, 2.05) is 0 Å². The van der Waals surface area contributed by atoms with Gasteiger partial charge in [-0.15, -0.1) is 0 Å². The van der Waals surface area contributed by atoms with Crippen molar-refractivity contribution in [3.8, 4) is 0 Å². The number of carbonyl (C=O) groups is 1. The summed E-state index contributed by atoms with van der Waals surface area (Å²) in [6.45, 7) is 2.66. The average Bonchev–Trinajstić information content (AvgIpc) is 2.61. The van der Waals surface area contributed by atoms with Crippen LogP contribution >= 0.6 is 11.5 Å². The normalized spacial score (nSPS) is 10.5. The maximum Gasteiger partial charge on any atom is 0.260 e. The first kappa shape index (κ1) is 12.2. The van der Waals surface area contributed by atoms with Crippen LogP contribution in [0, 0.1) is 0 Å². The molecule has 1 rings (SSSR count).